The van der Waals surface area contributed by atoms with Gasteiger partial charge in [-0.25, -0.2) is 8.42 Å². The Balaban J connectivity index is 1.64. The minimum Gasteiger partial charge on any atom is -0.480 e. The number of carbonyl (C=O) groups is 1. The van der Waals surface area contributed by atoms with Crippen molar-refractivity contribution in [2.45, 2.75) is 68.0 Å². The van der Waals surface area contributed by atoms with Gasteiger partial charge in [-0.1, -0.05) is 12.8 Å². The van der Waals surface area contributed by atoms with Gasteiger partial charge in [0.25, 0.3) is 0 Å². The molecule has 2 saturated heterocycles. The van der Waals surface area contributed by atoms with Crippen molar-refractivity contribution in [3.05, 3.63) is 12.4 Å². The van der Waals surface area contributed by atoms with E-state index in [9.17, 15) is 18.3 Å². The zero-order valence-corrected chi connectivity index (χ0v) is 15.5. The zero-order valence-electron chi connectivity index (χ0n) is 14.7. The predicted octanol–water partition coefficient (Wildman–Crippen LogP) is 1.64. The number of fused-ring (bicyclic) bond motifs is 1. The van der Waals surface area contributed by atoms with Gasteiger partial charge < -0.3 is 9.84 Å². The van der Waals surface area contributed by atoms with Crippen LogP contribution in [0.3, 0.4) is 0 Å². The average Bonchev–Trinajstić information content (AvgIpc) is 3.28. The molecule has 0 aromatic carbocycles. The molecule has 144 valence electrons. The van der Waals surface area contributed by atoms with Crippen LogP contribution in [0.15, 0.2) is 17.3 Å². The van der Waals surface area contributed by atoms with Gasteiger partial charge in [-0.2, -0.15) is 9.40 Å². The standard InChI is InChI=1S/C17H25N3O5S/c21-17(22)16-9-12-3-1-2-4-15(12)20(16)26(23,24)14-10-18-19(11-14)13-5-7-25-8-6-13/h10-13,15-16H,1-9H2,(H,21,22). The quantitative estimate of drug-likeness (QED) is 0.848. The summed E-state index contributed by atoms with van der Waals surface area (Å²) in [5, 5.41) is 13.9. The summed E-state index contributed by atoms with van der Waals surface area (Å²) in [4.78, 5) is 11.8. The largest absolute Gasteiger partial charge is 0.480 e. The fraction of sp³-hybridized carbons (Fsp3) is 0.765. The van der Waals surface area contributed by atoms with E-state index in [2.05, 4.69) is 5.10 Å². The first-order chi connectivity index (χ1) is 12.5. The van der Waals surface area contributed by atoms with Crippen LogP contribution < -0.4 is 0 Å². The zero-order chi connectivity index (χ0) is 18.3. The second kappa shape index (κ2) is 6.94. The number of aromatic nitrogens is 2. The first-order valence-electron chi connectivity index (χ1n) is 9.36. The second-order valence-corrected chi connectivity index (χ2v) is 9.38. The number of sulfonamides is 1. The monoisotopic (exact) mass is 383 g/mol. The summed E-state index contributed by atoms with van der Waals surface area (Å²) in [7, 11) is -3.88. The van der Waals surface area contributed by atoms with E-state index in [1.807, 2.05) is 0 Å². The molecular formula is C17H25N3O5S. The molecule has 1 aromatic rings. The molecule has 9 heteroatoms. The maximum absolute atomic E-state index is 13.3. The molecule has 0 spiro atoms. The Labute approximate surface area is 153 Å². The smallest absolute Gasteiger partial charge is 0.322 e. The maximum atomic E-state index is 13.3. The van der Waals surface area contributed by atoms with Crippen molar-refractivity contribution < 1.29 is 23.1 Å². The van der Waals surface area contributed by atoms with E-state index in [0.29, 0.717) is 19.6 Å². The van der Waals surface area contributed by atoms with E-state index < -0.39 is 22.0 Å². The van der Waals surface area contributed by atoms with Crippen LogP contribution in [-0.2, 0) is 19.6 Å². The van der Waals surface area contributed by atoms with Crippen molar-refractivity contribution in [3.63, 3.8) is 0 Å². The number of hydrogen-bond acceptors (Lipinski definition) is 5. The van der Waals surface area contributed by atoms with E-state index in [-0.39, 0.29) is 22.9 Å². The number of ether oxygens (including phenoxy) is 1. The lowest BCUT2D eigenvalue weighted by Crippen LogP contribution is -2.46. The highest BCUT2D eigenvalue weighted by molar-refractivity contribution is 7.89. The lowest BCUT2D eigenvalue weighted by Gasteiger charge is -2.31. The van der Waals surface area contributed by atoms with Crippen molar-refractivity contribution in [1.82, 2.24) is 14.1 Å². The van der Waals surface area contributed by atoms with Crippen LogP contribution in [0.5, 0.6) is 0 Å². The predicted molar refractivity (Wildman–Crippen MR) is 92.1 cm³/mol. The summed E-state index contributed by atoms with van der Waals surface area (Å²) in [6.07, 6.45) is 8.56. The van der Waals surface area contributed by atoms with Gasteiger partial charge in [-0.15, -0.1) is 0 Å². The number of aliphatic carboxylic acids is 1. The van der Waals surface area contributed by atoms with Crippen LogP contribution in [-0.4, -0.2) is 58.9 Å². The number of rotatable bonds is 4. The molecular weight excluding hydrogens is 358 g/mol. The lowest BCUT2D eigenvalue weighted by molar-refractivity contribution is -0.141. The topological polar surface area (TPSA) is 102 Å². The van der Waals surface area contributed by atoms with Crippen molar-refractivity contribution in [3.8, 4) is 0 Å². The number of hydrogen-bond donors (Lipinski definition) is 1. The van der Waals surface area contributed by atoms with Gasteiger partial charge in [-0.3, -0.25) is 9.48 Å². The summed E-state index contributed by atoms with van der Waals surface area (Å²) in [5.74, 6) is -0.912. The third-order valence-electron chi connectivity index (χ3n) is 6.03. The Hall–Kier alpha value is -1.45. The third kappa shape index (κ3) is 3.05. The normalized spacial score (nSPS) is 31.0. The van der Waals surface area contributed by atoms with E-state index in [0.717, 1.165) is 38.5 Å². The molecule has 1 saturated carbocycles. The van der Waals surface area contributed by atoms with Crippen LogP contribution >= 0.6 is 0 Å². The summed E-state index contributed by atoms with van der Waals surface area (Å²) in [5.41, 5.74) is 0. The molecule has 3 heterocycles. The summed E-state index contributed by atoms with van der Waals surface area (Å²) < 4.78 is 34.9. The van der Waals surface area contributed by atoms with Crippen molar-refractivity contribution in [1.29, 1.82) is 0 Å². The Morgan fingerprint density at radius 2 is 1.92 bits per heavy atom. The first-order valence-corrected chi connectivity index (χ1v) is 10.8. The van der Waals surface area contributed by atoms with E-state index in [4.69, 9.17) is 4.74 Å². The lowest BCUT2D eigenvalue weighted by atomic mass is 9.85. The Morgan fingerprint density at radius 3 is 2.65 bits per heavy atom. The van der Waals surface area contributed by atoms with Gasteiger partial charge in [0.15, 0.2) is 0 Å². The average molecular weight is 383 g/mol. The van der Waals surface area contributed by atoms with Crippen molar-refractivity contribution >= 4 is 16.0 Å². The highest BCUT2D eigenvalue weighted by Crippen LogP contribution is 2.42. The van der Waals surface area contributed by atoms with Gasteiger partial charge in [0.05, 0.1) is 12.2 Å². The molecule has 3 fully saturated rings. The Morgan fingerprint density at radius 1 is 1.19 bits per heavy atom. The molecule has 0 radical (unpaired) electrons. The number of nitrogens with zero attached hydrogens (tertiary/aromatic N) is 3. The van der Waals surface area contributed by atoms with E-state index in [1.165, 1.54) is 10.5 Å². The van der Waals surface area contributed by atoms with Gasteiger partial charge >= 0.3 is 5.97 Å². The molecule has 1 N–H and O–H groups in total. The summed E-state index contributed by atoms with van der Waals surface area (Å²) in [6.45, 7) is 1.28. The molecule has 3 aliphatic rings. The number of carboxylic acid groups (broad SMARTS) is 1. The second-order valence-electron chi connectivity index (χ2n) is 7.54. The molecule has 1 aromatic heterocycles. The molecule has 0 bridgehead atoms. The molecule has 2 aliphatic heterocycles. The van der Waals surface area contributed by atoms with Gasteiger partial charge in [-0.05, 0) is 38.0 Å². The molecule has 3 atom stereocenters. The number of carboxylic acids is 1. The van der Waals surface area contributed by atoms with Gasteiger partial charge in [0, 0.05) is 25.5 Å². The Bertz CT molecular complexity index is 771. The first kappa shape index (κ1) is 17.9. The SMILES string of the molecule is O=C(O)C1CC2CCCCC2N1S(=O)(=O)c1cnn(C2CCOCC2)c1. The fourth-order valence-corrected chi connectivity index (χ4v) is 6.51. The van der Waals surface area contributed by atoms with Crippen LogP contribution in [0.1, 0.15) is 51.0 Å². The molecule has 8 nitrogen and oxygen atoms in total. The molecule has 0 amide bonds. The van der Waals surface area contributed by atoms with Crippen molar-refractivity contribution in [2.75, 3.05) is 13.2 Å². The molecule has 3 unspecified atom stereocenters. The minimum absolute atomic E-state index is 0.0986. The van der Waals surface area contributed by atoms with Crippen LogP contribution in [0.25, 0.3) is 0 Å². The van der Waals surface area contributed by atoms with Crippen LogP contribution in [0, 0.1) is 5.92 Å². The minimum atomic E-state index is -3.88. The van der Waals surface area contributed by atoms with Crippen LogP contribution in [0.2, 0.25) is 0 Å². The van der Waals surface area contributed by atoms with Gasteiger partial charge in [0.1, 0.15) is 10.9 Å². The fourth-order valence-electron chi connectivity index (χ4n) is 4.70. The Kier molecular flexibility index (Phi) is 4.79. The summed E-state index contributed by atoms with van der Waals surface area (Å²) >= 11 is 0. The summed E-state index contributed by atoms with van der Waals surface area (Å²) in [6, 6.07) is -1.05. The molecule has 1 aliphatic carbocycles. The highest BCUT2D eigenvalue weighted by Gasteiger charge is 2.51. The van der Waals surface area contributed by atoms with E-state index in [1.54, 1.807) is 10.9 Å². The maximum Gasteiger partial charge on any atom is 0.322 e. The molecule has 26 heavy (non-hydrogen) atoms. The van der Waals surface area contributed by atoms with Crippen LogP contribution in [0.4, 0.5) is 0 Å². The highest BCUT2D eigenvalue weighted by atomic mass is 32.2. The van der Waals surface area contributed by atoms with Crippen molar-refractivity contribution in [2.24, 2.45) is 5.92 Å². The van der Waals surface area contributed by atoms with E-state index >= 15 is 0 Å². The molecule has 4 rings (SSSR count). The van der Waals surface area contributed by atoms with Gasteiger partial charge in [0.2, 0.25) is 10.0 Å². The third-order valence-corrected chi connectivity index (χ3v) is 7.92.